The summed E-state index contributed by atoms with van der Waals surface area (Å²) in [4.78, 5) is 11.5. The Labute approximate surface area is 131 Å². The Morgan fingerprint density at radius 3 is 2.55 bits per heavy atom. The molecule has 1 heterocycles. The number of hydrogen-bond acceptors (Lipinski definition) is 5. The van der Waals surface area contributed by atoms with Gasteiger partial charge in [-0.1, -0.05) is 12.1 Å². The van der Waals surface area contributed by atoms with Gasteiger partial charge in [0.2, 0.25) is 10.0 Å². The highest BCUT2D eigenvalue weighted by Crippen LogP contribution is 2.16. The fourth-order valence-electron chi connectivity index (χ4n) is 2.71. The highest BCUT2D eigenvalue weighted by atomic mass is 32.2. The molecule has 6 nitrogen and oxygen atoms in total. The first-order valence-electron chi connectivity index (χ1n) is 7.23. The Morgan fingerprint density at radius 2 is 1.95 bits per heavy atom. The summed E-state index contributed by atoms with van der Waals surface area (Å²) in [5.41, 5.74) is 0.944. The van der Waals surface area contributed by atoms with Gasteiger partial charge < -0.3 is 10.1 Å². The van der Waals surface area contributed by atoms with E-state index in [-0.39, 0.29) is 17.8 Å². The Hall–Kier alpha value is -1.44. The molecule has 0 bridgehead atoms. The third-order valence-corrected chi connectivity index (χ3v) is 5.40. The summed E-state index contributed by atoms with van der Waals surface area (Å²) in [7, 11) is -2.11. The molecule has 1 aliphatic rings. The van der Waals surface area contributed by atoms with Crippen LogP contribution in [-0.4, -0.2) is 51.0 Å². The zero-order valence-electron chi connectivity index (χ0n) is 13.1. The maximum atomic E-state index is 12.6. The van der Waals surface area contributed by atoms with E-state index in [4.69, 9.17) is 0 Å². The van der Waals surface area contributed by atoms with Crippen molar-refractivity contribution < 1.29 is 17.9 Å². The predicted octanol–water partition coefficient (Wildman–Crippen LogP) is 0.985. The molecule has 0 amide bonds. The first kappa shape index (κ1) is 16.9. The molecule has 0 aliphatic carbocycles. The van der Waals surface area contributed by atoms with Crippen molar-refractivity contribution in [3.05, 3.63) is 35.4 Å². The van der Waals surface area contributed by atoms with Crippen molar-refractivity contribution in [1.82, 2.24) is 9.62 Å². The molecule has 2 unspecified atom stereocenters. The lowest BCUT2D eigenvalue weighted by molar-refractivity contribution is 0.0600. The van der Waals surface area contributed by atoms with Crippen molar-refractivity contribution in [2.75, 3.05) is 20.2 Å². The van der Waals surface area contributed by atoms with Gasteiger partial charge in [-0.2, -0.15) is 4.31 Å². The monoisotopic (exact) mass is 326 g/mol. The van der Waals surface area contributed by atoms with E-state index in [1.165, 1.54) is 11.4 Å². The number of ether oxygens (including phenoxy) is 1. The van der Waals surface area contributed by atoms with Gasteiger partial charge in [0.05, 0.1) is 18.4 Å². The van der Waals surface area contributed by atoms with Gasteiger partial charge in [-0.15, -0.1) is 0 Å². The first-order valence-corrected chi connectivity index (χ1v) is 8.84. The second-order valence-electron chi connectivity index (χ2n) is 5.73. The van der Waals surface area contributed by atoms with E-state index < -0.39 is 16.0 Å². The molecule has 0 spiro atoms. The lowest BCUT2D eigenvalue weighted by Gasteiger charge is -2.35. The summed E-state index contributed by atoms with van der Waals surface area (Å²) in [6.07, 6.45) is 0. The van der Waals surface area contributed by atoms with E-state index in [1.807, 2.05) is 13.8 Å². The van der Waals surface area contributed by atoms with Gasteiger partial charge in [0.15, 0.2) is 0 Å². The van der Waals surface area contributed by atoms with Crippen LogP contribution in [0.2, 0.25) is 0 Å². The van der Waals surface area contributed by atoms with Gasteiger partial charge in [0.1, 0.15) is 0 Å². The molecule has 122 valence electrons. The molecule has 22 heavy (non-hydrogen) atoms. The standard InChI is InChI=1S/C15H22N2O4S/c1-11-8-17(9-12(2)16-11)22(19,20)10-13-5-4-6-14(7-13)15(18)21-3/h4-7,11-12,16H,8-10H2,1-3H3. The number of piperazine rings is 1. The van der Waals surface area contributed by atoms with Crippen molar-refractivity contribution in [3.63, 3.8) is 0 Å². The van der Waals surface area contributed by atoms with E-state index in [0.717, 1.165) is 0 Å². The molecule has 1 aromatic carbocycles. The van der Waals surface area contributed by atoms with E-state index >= 15 is 0 Å². The van der Waals surface area contributed by atoms with Gasteiger partial charge in [0.25, 0.3) is 0 Å². The van der Waals surface area contributed by atoms with Crippen LogP contribution in [0.5, 0.6) is 0 Å². The average molecular weight is 326 g/mol. The van der Waals surface area contributed by atoms with Crippen molar-refractivity contribution >= 4 is 16.0 Å². The smallest absolute Gasteiger partial charge is 0.337 e. The summed E-state index contributed by atoms with van der Waals surface area (Å²) < 4.78 is 31.3. The Morgan fingerprint density at radius 1 is 1.32 bits per heavy atom. The molecule has 7 heteroatoms. The minimum atomic E-state index is -3.41. The average Bonchev–Trinajstić information content (AvgIpc) is 2.45. The van der Waals surface area contributed by atoms with Gasteiger partial charge in [-0.3, -0.25) is 0 Å². The lowest BCUT2D eigenvalue weighted by atomic mass is 10.1. The number of nitrogens with one attached hydrogen (secondary N) is 1. The summed E-state index contributed by atoms with van der Waals surface area (Å²) in [6, 6.07) is 6.80. The van der Waals surface area contributed by atoms with Crippen molar-refractivity contribution in [1.29, 1.82) is 0 Å². The van der Waals surface area contributed by atoms with Crippen LogP contribution in [0.3, 0.4) is 0 Å². The maximum Gasteiger partial charge on any atom is 0.337 e. The van der Waals surface area contributed by atoms with Crippen LogP contribution in [-0.2, 0) is 20.5 Å². The number of esters is 1. The minimum Gasteiger partial charge on any atom is -0.465 e. The Bertz CT molecular complexity index is 635. The fourth-order valence-corrected chi connectivity index (χ4v) is 4.40. The topological polar surface area (TPSA) is 75.7 Å². The molecule has 0 saturated carbocycles. The van der Waals surface area contributed by atoms with E-state index in [0.29, 0.717) is 24.2 Å². The van der Waals surface area contributed by atoms with Crippen molar-refractivity contribution in [2.24, 2.45) is 0 Å². The van der Waals surface area contributed by atoms with Gasteiger partial charge in [-0.05, 0) is 31.5 Å². The molecule has 2 atom stereocenters. The van der Waals surface area contributed by atoms with Crippen LogP contribution < -0.4 is 5.32 Å². The third kappa shape index (κ3) is 4.06. The predicted molar refractivity (Wildman–Crippen MR) is 84.0 cm³/mol. The van der Waals surface area contributed by atoms with E-state index in [9.17, 15) is 13.2 Å². The van der Waals surface area contributed by atoms with Crippen LogP contribution in [0.15, 0.2) is 24.3 Å². The molecule has 1 fully saturated rings. The Balaban J connectivity index is 2.16. The molecule has 1 aliphatic heterocycles. The molecule has 2 rings (SSSR count). The molecule has 0 radical (unpaired) electrons. The number of hydrogen-bond donors (Lipinski definition) is 1. The van der Waals surface area contributed by atoms with Crippen LogP contribution in [0.1, 0.15) is 29.8 Å². The number of benzene rings is 1. The number of rotatable bonds is 4. The quantitative estimate of drug-likeness (QED) is 0.835. The number of sulfonamides is 1. The van der Waals surface area contributed by atoms with Crippen LogP contribution in [0, 0.1) is 0 Å². The molecule has 0 aromatic heterocycles. The number of nitrogens with zero attached hydrogens (tertiary/aromatic N) is 1. The maximum absolute atomic E-state index is 12.6. The van der Waals surface area contributed by atoms with Crippen molar-refractivity contribution in [3.8, 4) is 0 Å². The molecule has 1 N–H and O–H groups in total. The minimum absolute atomic E-state index is 0.114. The van der Waals surface area contributed by atoms with Crippen molar-refractivity contribution in [2.45, 2.75) is 31.7 Å². The third-order valence-electron chi connectivity index (χ3n) is 3.61. The first-order chi connectivity index (χ1) is 10.3. The molecule has 1 aromatic rings. The summed E-state index contributed by atoms with van der Waals surface area (Å²) in [5.74, 6) is -0.583. The highest BCUT2D eigenvalue weighted by Gasteiger charge is 2.30. The van der Waals surface area contributed by atoms with E-state index in [1.54, 1.807) is 24.3 Å². The second-order valence-corrected chi connectivity index (χ2v) is 7.70. The van der Waals surface area contributed by atoms with Gasteiger partial charge in [-0.25, -0.2) is 13.2 Å². The van der Waals surface area contributed by atoms with Gasteiger partial charge in [0, 0.05) is 25.2 Å². The highest BCUT2D eigenvalue weighted by molar-refractivity contribution is 7.88. The second kappa shape index (κ2) is 6.76. The SMILES string of the molecule is COC(=O)c1cccc(CS(=O)(=O)N2CC(C)NC(C)C2)c1. The largest absolute Gasteiger partial charge is 0.465 e. The van der Waals surface area contributed by atoms with Crippen LogP contribution in [0.4, 0.5) is 0 Å². The fraction of sp³-hybridized carbons (Fsp3) is 0.533. The van der Waals surface area contributed by atoms with Crippen LogP contribution >= 0.6 is 0 Å². The number of carbonyl (C=O) groups is 1. The van der Waals surface area contributed by atoms with Crippen LogP contribution in [0.25, 0.3) is 0 Å². The summed E-state index contributed by atoms with van der Waals surface area (Å²) in [6.45, 7) is 4.86. The Kier molecular flexibility index (Phi) is 5.20. The summed E-state index contributed by atoms with van der Waals surface area (Å²) in [5, 5.41) is 3.31. The number of carbonyl (C=O) groups excluding carboxylic acids is 1. The van der Waals surface area contributed by atoms with Gasteiger partial charge >= 0.3 is 5.97 Å². The zero-order valence-corrected chi connectivity index (χ0v) is 13.9. The summed E-state index contributed by atoms with van der Waals surface area (Å²) >= 11 is 0. The lowest BCUT2D eigenvalue weighted by Crippen LogP contribution is -2.55. The van der Waals surface area contributed by atoms with E-state index in [2.05, 4.69) is 10.1 Å². The molecule has 1 saturated heterocycles. The number of methoxy groups -OCH3 is 1. The zero-order chi connectivity index (χ0) is 16.3. The molecular weight excluding hydrogens is 304 g/mol. The molecular formula is C15H22N2O4S. The normalized spacial score (nSPS) is 23.2.